The van der Waals surface area contributed by atoms with Crippen molar-refractivity contribution in [1.82, 2.24) is 4.90 Å². The van der Waals surface area contributed by atoms with Gasteiger partial charge < -0.3 is 20.1 Å². The molecule has 1 aliphatic heterocycles. The Morgan fingerprint density at radius 2 is 2.31 bits per heavy atom. The maximum Gasteiger partial charge on any atom is 0.251 e. The van der Waals surface area contributed by atoms with Gasteiger partial charge in [-0.2, -0.15) is 0 Å². The van der Waals surface area contributed by atoms with Gasteiger partial charge in [0.05, 0.1) is 13.2 Å². The van der Waals surface area contributed by atoms with Gasteiger partial charge in [-0.15, -0.1) is 0 Å². The van der Waals surface area contributed by atoms with E-state index in [-0.39, 0.29) is 11.9 Å². The number of ether oxygens (including phenoxy) is 2. The van der Waals surface area contributed by atoms with E-state index in [1.165, 1.54) is 0 Å². The van der Waals surface area contributed by atoms with Crippen molar-refractivity contribution in [1.29, 1.82) is 0 Å². The molecule has 0 aliphatic carbocycles. The van der Waals surface area contributed by atoms with Crippen LogP contribution in [0.2, 0.25) is 0 Å². The molecule has 1 saturated heterocycles. The van der Waals surface area contributed by atoms with E-state index in [2.05, 4.69) is 0 Å². The smallest absolute Gasteiger partial charge is 0.251 e. The first-order valence-corrected chi connectivity index (χ1v) is 5.88. The molecule has 5 nitrogen and oxygen atoms in total. The predicted octanol–water partition coefficient (Wildman–Crippen LogP) is -0.0124. The molecule has 1 heterocycles. The van der Waals surface area contributed by atoms with Gasteiger partial charge in [-0.25, -0.2) is 0 Å². The summed E-state index contributed by atoms with van der Waals surface area (Å²) in [6.07, 6.45) is 0.489. The number of carbonyl (C=O) groups is 1. The van der Waals surface area contributed by atoms with Crippen molar-refractivity contribution in [3.63, 3.8) is 0 Å². The van der Waals surface area contributed by atoms with Gasteiger partial charge in [0.1, 0.15) is 6.10 Å². The second kappa shape index (κ2) is 6.83. The summed E-state index contributed by atoms with van der Waals surface area (Å²) in [6, 6.07) is 0.125. The number of nitrogens with two attached hydrogens (primary N) is 1. The first-order valence-electron chi connectivity index (χ1n) is 5.88. The van der Waals surface area contributed by atoms with E-state index in [0.717, 1.165) is 13.0 Å². The number of amides is 1. The van der Waals surface area contributed by atoms with Gasteiger partial charge in [0.15, 0.2) is 0 Å². The van der Waals surface area contributed by atoms with E-state index in [9.17, 15) is 4.79 Å². The van der Waals surface area contributed by atoms with E-state index in [0.29, 0.717) is 26.4 Å². The molecule has 0 aromatic heterocycles. The summed E-state index contributed by atoms with van der Waals surface area (Å²) in [7, 11) is 0. The zero-order valence-electron chi connectivity index (χ0n) is 10.1. The SMILES string of the molecule is CCOCCOC(C)C(=O)N1CC[C@@H](N)C1. The van der Waals surface area contributed by atoms with Crippen LogP contribution in [-0.2, 0) is 14.3 Å². The molecule has 0 spiro atoms. The quantitative estimate of drug-likeness (QED) is 0.652. The Hall–Kier alpha value is -0.650. The monoisotopic (exact) mass is 230 g/mol. The molecule has 1 fully saturated rings. The molecule has 0 bridgehead atoms. The number of carbonyl (C=O) groups excluding carboxylic acids is 1. The number of hydrogen-bond acceptors (Lipinski definition) is 4. The second-order valence-electron chi connectivity index (χ2n) is 4.04. The normalized spacial score (nSPS) is 22.4. The van der Waals surface area contributed by atoms with Crippen LogP contribution in [0.4, 0.5) is 0 Å². The molecule has 94 valence electrons. The Morgan fingerprint density at radius 3 is 2.88 bits per heavy atom. The van der Waals surface area contributed by atoms with Gasteiger partial charge in [0, 0.05) is 25.7 Å². The van der Waals surface area contributed by atoms with Gasteiger partial charge in [-0.05, 0) is 20.3 Å². The molecule has 2 N–H and O–H groups in total. The van der Waals surface area contributed by atoms with Crippen molar-refractivity contribution >= 4 is 5.91 Å². The number of nitrogens with zero attached hydrogens (tertiary/aromatic N) is 1. The molecule has 1 amide bonds. The average molecular weight is 230 g/mol. The minimum absolute atomic E-state index is 0.0319. The van der Waals surface area contributed by atoms with Crippen molar-refractivity contribution in [2.45, 2.75) is 32.4 Å². The lowest BCUT2D eigenvalue weighted by Crippen LogP contribution is -2.39. The zero-order chi connectivity index (χ0) is 12.0. The third-order valence-corrected chi connectivity index (χ3v) is 2.68. The number of rotatable bonds is 6. The predicted molar refractivity (Wildman–Crippen MR) is 61.1 cm³/mol. The molecule has 1 aliphatic rings. The Labute approximate surface area is 96.9 Å². The first-order chi connectivity index (χ1) is 7.65. The van der Waals surface area contributed by atoms with E-state index in [1.807, 2.05) is 6.92 Å². The van der Waals surface area contributed by atoms with Crippen molar-refractivity contribution in [3.05, 3.63) is 0 Å². The third-order valence-electron chi connectivity index (χ3n) is 2.68. The van der Waals surface area contributed by atoms with Crippen LogP contribution in [0.15, 0.2) is 0 Å². The first kappa shape index (κ1) is 13.4. The summed E-state index contributed by atoms with van der Waals surface area (Å²) in [6.45, 7) is 6.77. The topological polar surface area (TPSA) is 64.8 Å². The summed E-state index contributed by atoms with van der Waals surface area (Å²) in [5.74, 6) is 0.0319. The molecule has 1 rings (SSSR count). The zero-order valence-corrected chi connectivity index (χ0v) is 10.1. The number of likely N-dealkylation sites (tertiary alicyclic amines) is 1. The highest BCUT2D eigenvalue weighted by Gasteiger charge is 2.27. The lowest BCUT2D eigenvalue weighted by Gasteiger charge is -2.20. The van der Waals surface area contributed by atoms with E-state index < -0.39 is 6.10 Å². The molecular weight excluding hydrogens is 208 g/mol. The summed E-state index contributed by atoms with van der Waals surface area (Å²) in [5.41, 5.74) is 5.75. The van der Waals surface area contributed by atoms with Crippen LogP contribution in [0, 0.1) is 0 Å². The lowest BCUT2D eigenvalue weighted by molar-refractivity contribution is -0.142. The summed E-state index contributed by atoms with van der Waals surface area (Å²) < 4.78 is 10.5. The van der Waals surface area contributed by atoms with E-state index in [4.69, 9.17) is 15.2 Å². The maximum absolute atomic E-state index is 11.9. The largest absolute Gasteiger partial charge is 0.379 e. The highest BCUT2D eigenvalue weighted by atomic mass is 16.5. The summed E-state index contributed by atoms with van der Waals surface area (Å²) in [4.78, 5) is 13.6. The van der Waals surface area contributed by atoms with Crippen molar-refractivity contribution in [2.24, 2.45) is 5.73 Å². The van der Waals surface area contributed by atoms with Crippen molar-refractivity contribution in [3.8, 4) is 0 Å². The Bertz CT molecular complexity index is 223. The van der Waals surface area contributed by atoms with Crippen LogP contribution in [-0.4, -0.2) is 55.9 Å². The minimum Gasteiger partial charge on any atom is -0.379 e. The maximum atomic E-state index is 11.9. The van der Waals surface area contributed by atoms with Gasteiger partial charge in [-0.1, -0.05) is 0 Å². The van der Waals surface area contributed by atoms with Gasteiger partial charge in [0.25, 0.3) is 5.91 Å². The fraction of sp³-hybridized carbons (Fsp3) is 0.909. The Balaban J connectivity index is 2.20. The van der Waals surface area contributed by atoms with Gasteiger partial charge in [-0.3, -0.25) is 4.79 Å². The van der Waals surface area contributed by atoms with Crippen LogP contribution in [0.3, 0.4) is 0 Å². The molecule has 16 heavy (non-hydrogen) atoms. The average Bonchev–Trinajstić information content (AvgIpc) is 2.70. The molecule has 0 aromatic carbocycles. The molecule has 2 atom stereocenters. The van der Waals surface area contributed by atoms with Crippen LogP contribution in [0.1, 0.15) is 20.3 Å². The van der Waals surface area contributed by atoms with Crippen LogP contribution < -0.4 is 5.73 Å². The third kappa shape index (κ3) is 4.08. The van der Waals surface area contributed by atoms with Crippen molar-refractivity contribution < 1.29 is 14.3 Å². The Kier molecular flexibility index (Phi) is 5.73. The molecule has 0 aromatic rings. The van der Waals surface area contributed by atoms with Crippen LogP contribution in [0.5, 0.6) is 0 Å². The molecule has 0 radical (unpaired) electrons. The molecular formula is C11H22N2O3. The van der Waals surface area contributed by atoms with E-state index in [1.54, 1.807) is 11.8 Å². The molecule has 5 heteroatoms. The summed E-state index contributed by atoms with van der Waals surface area (Å²) >= 11 is 0. The van der Waals surface area contributed by atoms with E-state index >= 15 is 0 Å². The lowest BCUT2D eigenvalue weighted by atomic mass is 10.3. The highest BCUT2D eigenvalue weighted by molar-refractivity contribution is 5.80. The minimum atomic E-state index is -0.397. The highest BCUT2D eigenvalue weighted by Crippen LogP contribution is 2.09. The Morgan fingerprint density at radius 1 is 1.56 bits per heavy atom. The summed E-state index contributed by atoms with van der Waals surface area (Å²) in [5, 5.41) is 0. The van der Waals surface area contributed by atoms with Crippen LogP contribution >= 0.6 is 0 Å². The second-order valence-corrected chi connectivity index (χ2v) is 4.04. The fourth-order valence-corrected chi connectivity index (χ4v) is 1.74. The molecule has 0 saturated carbocycles. The van der Waals surface area contributed by atoms with Crippen molar-refractivity contribution in [2.75, 3.05) is 32.9 Å². The fourth-order valence-electron chi connectivity index (χ4n) is 1.74. The van der Waals surface area contributed by atoms with Gasteiger partial charge in [0.2, 0.25) is 0 Å². The standard InChI is InChI=1S/C11H22N2O3/c1-3-15-6-7-16-9(2)11(14)13-5-4-10(12)8-13/h9-10H,3-8,12H2,1-2H3/t9?,10-/m1/s1. The van der Waals surface area contributed by atoms with Crippen LogP contribution in [0.25, 0.3) is 0 Å². The van der Waals surface area contributed by atoms with Gasteiger partial charge >= 0.3 is 0 Å². The number of hydrogen-bond donors (Lipinski definition) is 1. The molecule has 1 unspecified atom stereocenters.